The molecule has 0 atom stereocenters. The molecular weight excluding hydrogens is 416 g/mol. The summed E-state index contributed by atoms with van der Waals surface area (Å²) in [5.41, 5.74) is 5.76. The van der Waals surface area contributed by atoms with E-state index in [-0.39, 0.29) is 0 Å². The Balaban J connectivity index is 3.59. The molecule has 0 aliphatic carbocycles. The quantitative estimate of drug-likeness (QED) is 0.114. The molecule has 0 radical (unpaired) electrons. The molecule has 0 amide bonds. The number of hydrogen-bond acceptors (Lipinski definition) is 3. The first kappa shape index (κ1) is 33.6. The maximum Gasteiger partial charge on any atom is 0.132 e. The molecule has 3 nitrogen and oxygen atoms in total. The summed E-state index contributed by atoms with van der Waals surface area (Å²) in [5, 5.41) is 0. The smallest absolute Gasteiger partial charge is 0.132 e. The molecule has 0 fully saturated rings. The second-order valence-electron chi connectivity index (χ2n) is 11.2. The van der Waals surface area contributed by atoms with Gasteiger partial charge in [-0.15, -0.1) is 0 Å². The van der Waals surface area contributed by atoms with Gasteiger partial charge < -0.3 is 10.6 Å². The molecule has 0 aromatic heterocycles. The van der Waals surface area contributed by atoms with Gasteiger partial charge in [0.2, 0.25) is 0 Å². The van der Waals surface area contributed by atoms with E-state index in [1.807, 2.05) is 0 Å². The number of hydrogen-bond donors (Lipinski definition) is 1. The van der Waals surface area contributed by atoms with Gasteiger partial charge in [-0.05, 0) is 64.2 Å². The summed E-state index contributed by atoms with van der Waals surface area (Å²) in [6, 6.07) is 0. The predicted octanol–water partition coefficient (Wildman–Crippen LogP) is 9.07. The highest BCUT2D eigenvalue weighted by atomic mass is 16.1. The zero-order valence-electron chi connectivity index (χ0n) is 23.9. The Hall–Kier alpha value is -0.410. The van der Waals surface area contributed by atoms with Crippen LogP contribution in [-0.4, -0.2) is 36.9 Å². The van der Waals surface area contributed by atoms with Crippen LogP contribution in [0.15, 0.2) is 0 Å². The third-order valence-corrected chi connectivity index (χ3v) is 7.17. The number of Topliss-reactive ketones (excluding diaryl/α,β-unsaturated/α-hetero) is 1. The average molecular weight is 481 g/mol. The molecule has 0 saturated heterocycles. The van der Waals surface area contributed by atoms with Crippen molar-refractivity contribution in [3.05, 3.63) is 0 Å². The molecule has 0 rings (SSSR count). The maximum absolute atomic E-state index is 12.1. The molecule has 204 valence electrons. The Morgan fingerprint density at radius 1 is 0.588 bits per heavy atom. The number of carbonyl (C=O) groups excluding carboxylic acids is 1. The molecule has 0 aromatic carbocycles. The Morgan fingerprint density at radius 3 is 1.47 bits per heavy atom. The van der Waals surface area contributed by atoms with Gasteiger partial charge in [-0.1, -0.05) is 117 Å². The highest BCUT2D eigenvalue weighted by molar-refractivity contribution is 5.78. The zero-order chi connectivity index (χ0) is 25.1. The highest BCUT2D eigenvalue weighted by Gasteiger charge is 2.05. The van der Waals surface area contributed by atoms with Crippen LogP contribution in [0.3, 0.4) is 0 Å². The number of unbranched alkanes of at least 4 members (excludes halogenated alkanes) is 15. The van der Waals surface area contributed by atoms with E-state index in [2.05, 4.69) is 25.7 Å². The molecule has 0 spiro atoms. The number of nitrogens with two attached hydrogens (primary N) is 1. The van der Waals surface area contributed by atoms with Crippen molar-refractivity contribution in [2.45, 2.75) is 162 Å². The zero-order valence-corrected chi connectivity index (χ0v) is 23.9. The van der Waals surface area contributed by atoms with Crippen LogP contribution >= 0.6 is 0 Å². The molecule has 0 bridgehead atoms. The largest absolute Gasteiger partial charge is 0.330 e. The lowest BCUT2D eigenvalue weighted by atomic mass is 10.0. The van der Waals surface area contributed by atoms with E-state index >= 15 is 0 Å². The van der Waals surface area contributed by atoms with Gasteiger partial charge >= 0.3 is 0 Å². The second kappa shape index (κ2) is 27.2. The molecule has 0 unspecified atom stereocenters. The second-order valence-corrected chi connectivity index (χ2v) is 11.2. The number of carbonyl (C=O) groups is 1. The van der Waals surface area contributed by atoms with Crippen LogP contribution in [0, 0.1) is 5.92 Å². The summed E-state index contributed by atoms with van der Waals surface area (Å²) in [7, 11) is 0. The lowest BCUT2D eigenvalue weighted by Crippen LogP contribution is -2.28. The topological polar surface area (TPSA) is 46.3 Å². The predicted molar refractivity (Wildman–Crippen MR) is 153 cm³/mol. The SMILES string of the molecule is CCCCCCCCCCC(=O)CCCCCCCN(CCCN)CCCCCCCC(C)C. The monoisotopic (exact) mass is 481 g/mol. The molecule has 2 N–H and O–H groups in total. The van der Waals surface area contributed by atoms with Crippen molar-refractivity contribution in [3.63, 3.8) is 0 Å². The standard InChI is InChI=1S/C31H64N2O/c1-4-5-6-7-8-9-13-18-24-31(34)25-19-14-11-16-21-28-33(29-22-26-32)27-20-15-10-12-17-23-30(2)3/h30H,4-29,32H2,1-3H3. The summed E-state index contributed by atoms with van der Waals surface area (Å²) in [4.78, 5) is 14.7. The van der Waals surface area contributed by atoms with Crippen LogP contribution in [0.2, 0.25) is 0 Å². The van der Waals surface area contributed by atoms with Gasteiger partial charge in [-0.3, -0.25) is 4.79 Å². The maximum atomic E-state index is 12.1. The van der Waals surface area contributed by atoms with Crippen molar-refractivity contribution in [3.8, 4) is 0 Å². The van der Waals surface area contributed by atoms with E-state index in [4.69, 9.17) is 5.73 Å². The van der Waals surface area contributed by atoms with Crippen molar-refractivity contribution >= 4 is 5.78 Å². The summed E-state index contributed by atoms with van der Waals surface area (Å²) in [5.74, 6) is 1.36. The van der Waals surface area contributed by atoms with Crippen LogP contribution in [0.5, 0.6) is 0 Å². The fraction of sp³-hybridized carbons (Fsp3) is 0.968. The van der Waals surface area contributed by atoms with E-state index in [1.165, 1.54) is 122 Å². The molecule has 0 heterocycles. The average Bonchev–Trinajstić information content (AvgIpc) is 2.82. The fourth-order valence-electron chi connectivity index (χ4n) is 4.84. The summed E-state index contributed by atoms with van der Waals surface area (Å²) < 4.78 is 0. The Morgan fingerprint density at radius 2 is 1.00 bits per heavy atom. The minimum absolute atomic E-state index is 0.503. The summed E-state index contributed by atoms with van der Waals surface area (Å²) in [6.07, 6.45) is 27.8. The normalized spacial score (nSPS) is 11.7. The van der Waals surface area contributed by atoms with Gasteiger partial charge in [0.15, 0.2) is 0 Å². The summed E-state index contributed by atoms with van der Waals surface area (Å²) >= 11 is 0. The van der Waals surface area contributed by atoms with E-state index < -0.39 is 0 Å². The van der Waals surface area contributed by atoms with Crippen LogP contribution in [-0.2, 0) is 4.79 Å². The van der Waals surface area contributed by atoms with Crippen molar-refractivity contribution in [1.82, 2.24) is 4.90 Å². The van der Waals surface area contributed by atoms with Gasteiger partial charge in [0.05, 0.1) is 0 Å². The van der Waals surface area contributed by atoms with Crippen LogP contribution in [0.1, 0.15) is 162 Å². The van der Waals surface area contributed by atoms with Gasteiger partial charge in [0.1, 0.15) is 5.78 Å². The Kier molecular flexibility index (Phi) is 26.9. The minimum Gasteiger partial charge on any atom is -0.330 e. The Labute approximate surface area is 215 Å². The number of nitrogens with zero attached hydrogens (tertiary/aromatic N) is 1. The third kappa shape index (κ3) is 26.2. The molecular formula is C31H64N2O. The van der Waals surface area contributed by atoms with Crippen LogP contribution in [0.4, 0.5) is 0 Å². The first-order valence-corrected chi connectivity index (χ1v) is 15.5. The third-order valence-electron chi connectivity index (χ3n) is 7.17. The molecule has 34 heavy (non-hydrogen) atoms. The summed E-state index contributed by atoms with van der Waals surface area (Å²) in [6.45, 7) is 11.4. The molecule has 0 saturated carbocycles. The number of rotatable bonds is 28. The lowest BCUT2D eigenvalue weighted by molar-refractivity contribution is -0.119. The Bertz CT molecular complexity index is 410. The first-order chi connectivity index (χ1) is 16.6. The first-order valence-electron chi connectivity index (χ1n) is 15.5. The van der Waals surface area contributed by atoms with Gasteiger partial charge in [-0.2, -0.15) is 0 Å². The van der Waals surface area contributed by atoms with Crippen molar-refractivity contribution < 1.29 is 4.79 Å². The molecule has 0 aliphatic rings. The minimum atomic E-state index is 0.503. The lowest BCUT2D eigenvalue weighted by Gasteiger charge is -2.22. The molecule has 0 aromatic rings. The van der Waals surface area contributed by atoms with E-state index in [9.17, 15) is 4.79 Å². The molecule has 3 heteroatoms. The van der Waals surface area contributed by atoms with Crippen LogP contribution in [0.25, 0.3) is 0 Å². The molecule has 0 aliphatic heterocycles. The van der Waals surface area contributed by atoms with Crippen molar-refractivity contribution in [2.75, 3.05) is 26.2 Å². The highest BCUT2D eigenvalue weighted by Crippen LogP contribution is 2.13. The van der Waals surface area contributed by atoms with E-state index in [1.54, 1.807) is 0 Å². The van der Waals surface area contributed by atoms with Crippen molar-refractivity contribution in [2.24, 2.45) is 11.7 Å². The van der Waals surface area contributed by atoms with Crippen molar-refractivity contribution in [1.29, 1.82) is 0 Å². The van der Waals surface area contributed by atoms with E-state index in [0.29, 0.717) is 5.78 Å². The van der Waals surface area contributed by atoms with Gasteiger partial charge in [0, 0.05) is 12.8 Å². The van der Waals surface area contributed by atoms with Crippen LogP contribution < -0.4 is 5.73 Å². The van der Waals surface area contributed by atoms with Gasteiger partial charge in [0.25, 0.3) is 0 Å². The van der Waals surface area contributed by atoms with Gasteiger partial charge in [-0.25, -0.2) is 0 Å². The van der Waals surface area contributed by atoms with E-state index in [0.717, 1.165) is 51.1 Å². The number of ketones is 1. The fourth-order valence-corrected chi connectivity index (χ4v) is 4.84.